The molecule has 1 aromatic heterocycles. The van der Waals surface area contributed by atoms with Crippen LogP contribution in [0.4, 0.5) is 11.4 Å². The maximum Gasteiger partial charge on any atom is 0.265 e. The van der Waals surface area contributed by atoms with Crippen LogP contribution < -0.4 is 10.5 Å². The number of rotatable bonds is 3. The molecule has 0 amide bonds. The Bertz CT molecular complexity index is 681. The first-order valence-corrected chi connectivity index (χ1v) is 7.22. The van der Waals surface area contributed by atoms with E-state index in [-0.39, 0.29) is 4.90 Å². The first-order valence-electron chi connectivity index (χ1n) is 4.95. The number of aryl methyl sites for hydroxylation is 1. The largest absolute Gasteiger partial charge is 0.398 e. The van der Waals surface area contributed by atoms with Crippen LogP contribution in [0, 0.1) is 0 Å². The second kappa shape index (κ2) is 4.62. The number of aromatic nitrogens is 2. The average Bonchev–Trinajstić information content (AvgIpc) is 2.71. The molecule has 0 aliphatic carbocycles. The molecular weight excluding hydrogens is 320 g/mol. The molecule has 0 spiro atoms. The summed E-state index contributed by atoms with van der Waals surface area (Å²) in [5, 5.41) is 3.82. The summed E-state index contributed by atoms with van der Waals surface area (Å²) in [5.74, 6) is 0. The second-order valence-electron chi connectivity index (χ2n) is 3.69. The maximum atomic E-state index is 12.0. The Morgan fingerprint density at radius 1 is 1.44 bits per heavy atom. The number of nitrogens with one attached hydrogen (secondary N) is 1. The number of hydrogen-bond donors (Lipinski definition) is 2. The van der Waals surface area contributed by atoms with E-state index in [1.165, 1.54) is 23.1 Å². The molecule has 0 aliphatic rings. The number of anilines is 2. The van der Waals surface area contributed by atoms with Crippen LogP contribution >= 0.6 is 15.9 Å². The molecule has 8 heteroatoms. The van der Waals surface area contributed by atoms with Gasteiger partial charge in [-0.25, -0.2) is 8.42 Å². The highest BCUT2D eigenvalue weighted by molar-refractivity contribution is 9.10. The zero-order chi connectivity index (χ0) is 13.3. The fourth-order valence-electron chi connectivity index (χ4n) is 1.36. The molecule has 6 nitrogen and oxygen atoms in total. The van der Waals surface area contributed by atoms with E-state index in [1.54, 1.807) is 19.2 Å². The smallest absolute Gasteiger partial charge is 0.265 e. The molecule has 2 rings (SSSR count). The molecule has 0 saturated heterocycles. The normalized spacial score (nSPS) is 11.4. The number of nitrogen functional groups attached to an aromatic ring is 1. The Hall–Kier alpha value is -1.54. The van der Waals surface area contributed by atoms with Crippen LogP contribution in [0.2, 0.25) is 0 Å². The lowest BCUT2D eigenvalue weighted by molar-refractivity contribution is 0.601. The molecule has 1 aromatic carbocycles. The van der Waals surface area contributed by atoms with Gasteiger partial charge in [0.1, 0.15) is 4.90 Å². The van der Waals surface area contributed by atoms with Crippen molar-refractivity contribution in [1.82, 2.24) is 9.78 Å². The Kier molecular flexibility index (Phi) is 3.31. The number of benzene rings is 1. The Morgan fingerprint density at radius 2 is 2.17 bits per heavy atom. The lowest BCUT2D eigenvalue weighted by atomic mass is 10.3. The van der Waals surface area contributed by atoms with Crippen LogP contribution in [-0.4, -0.2) is 18.2 Å². The van der Waals surface area contributed by atoms with Crippen molar-refractivity contribution in [2.45, 2.75) is 4.90 Å². The van der Waals surface area contributed by atoms with Crippen LogP contribution in [0.5, 0.6) is 0 Å². The van der Waals surface area contributed by atoms with Crippen LogP contribution in [0.25, 0.3) is 0 Å². The minimum Gasteiger partial charge on any atom is -0.398 e. The molecule has 1 heterocycles. The summed E-state index contributed by atoms with van der Waals surface area (Å²) in [7, 11) is -1.98. The Balaban J connectivity index is 2.30. The molecule has 3 N–H and O–H groups in total. The lowest BCUT2D eigenvalue weighted by Gasteiger charge is -2.07. The summed E-state index contributed by atoms with van der Waals surface area (Å²) < 4.78 is 28.6. The molecule has 0 bridgehead atoms. The standard InChI is InChI=1S/C10H11BrN4O2S/c1-15-6-8(5-13-15)18(16,17)14-7-2-3-9(11)10(12)4-7/h2-6,14H,12H2,1H3. The van der Waals surface area contributed by atoms with Gasteiger partial charge in [0.15, 0.2) is 0 Å². The summed E-state index contributed by atoms with van der Waals surface area (Å²) in [5.41, 5.74) is 6.55. The second-order valence-corrected chi connectivity index (χ2v) is 6.23. The van der Waals surface area contributed by atoms with Crippen LogP contribution in [0.1, 0.15) is 0 Å². The van der Waals surface area contributed by atoms with Crippen molar-refractivity contribution in [3.8, 4) is 0 Å². The summed E-state index contributed by atoms with van der Waals surface area (Å²) in [6.07, 6.45) is 2.70. The van der Waals surface area contributed by atoms with Gasteiger partial charge in [-0.05, 0) is 34.1 Å². The minimum absolute atomic E-state index is 0.103. The van der Waals surface area contributed by atoms with Gasteiger partial charge in [-0.1, -0.05) is 0 Å². The SMILES string of the molecule is Cn1cc(S(=O)(=O)Nc2ccc(Br)c(N)c2)cn1. The third-order valence-electron chi connectivity index (χ3n) is 2.24. The molecule has 2 aromatic rings. The highest BCUT2D eigenvalue weighted by Gasteiger charge is 2.16. The third-order valence-corrected chi connectivity index (χ3v) is 4.30. The number of nitrogens with two attached hydrogens (primary N) is 1. The summed E-state index contributed by atoms with van der Waals surface area (Å²) in [6, 6.07) is 4.84. The molecule has 96 valence electrons. The van der Waals surface area contributed by atoms with Crippen LogP contribution in [0.15, 0.2) is 40.0 Å². The average molecular weight is 331 g/mol. The van der Waals surface area contributed by atoms with Crippen LogP contribution in [0.3, 0.4) is 0 Å². The predicted molar refractivity (Wildman–Crippen MR) is 72.6 cm³/mol. The van der Waals surface area contributed by atoms with Gasteiger partial charge < -0.3 is 5.73 Å². The molecule has 0 saturated carbocycles. The Labute approximate surface area is 113 Å². The fourth-order valence-corrected chi connectivity index (χ4v) is 2.64. The minimum atomic E-state index is -3.63. The van der Waals surface area contributed by atoms with E-state index in [0.717, 1.165) is 0 Å². The van der Waals surface area contributed by atoms with E-state index in [4.69, 9.17) is 5.73 Å². The van der Waals surface area contributed by atoms with Crippen molar-refractivity contribution < 1.29 is 8.42 Å². The molecule has 0 aliphatic heterocycles. The van der Waals surface area contributed by atoms with E-state index < -0.39 is 10.0 Å². The third kappa shape index (κ3) is 2.65. The number of halogens is 1. The maximum absolute atomic E-state index is 12.0. The monoisotopic (exact) mass is 330 g/mol. The van der Waals surface area contributed by atoms with Gasteiger partial charge in [-0.3, -0.25) is 9.40 Å². The zero-order valence-electron chi connectivity index (χ0n) is 9.46. The van der Waals surface area contributed by atoms with E-state index in [0.29, 0.717) is 15.8 Å². The van der Waals surface area contributed by atoms with Crippen molar-refractivity contribution in [1.29, 1.82) is 0 Å². The summed E-state index contributed by atoms with van der Waals surface area (Å²) in [4.78, 5) is 0.103. The van der Waals surface area contributed by atoms with E-state index in [9.17, 15) is 8.42 Å². The van der Waals surface area contributed by atoms with Gasteiger partial charge in [0.25, 0.3) is 10.0 Å². The van der Waals surface area contributed by atoms with Crippen molar-refractivity contribution in [2.75, 3.05) is 10.5 Å². The molecular formula is C10H11BrN4O2S. The highest BCUT2D eigenvalue weighted by Crippen LogP contribution is 2.24. The quantitative estimate of drug-likeness (QED) is 0.836. The number of nitrogens with zero attached hydrogens (tertiary/aromatic N) is 2. The summed E-state index contributed by atoms with van der Waals surface area (Å²) in [6.45, 7) is 0. The lowest BCUT2D eigenvalue weighted by Crippen LogP contribution is -2.12. The first-order chi connectivity index (χ1) is 8.38. The van der Waals surface area contributed by atoms with Crippen molar-refractivity contribution >= 4 is 37.3 Å². The number of hydrogen-bond acceptors (Lipinski definition) is 4. The highest BCUT2D eigenvalue weighted by atomic mass is 79.9. The van der Waals surface area contributed by atoms with Gasteiger partial charge in [-0.2, -0.15) is 5.10 Å². The molecule has 18 heavy (non-hydrogen) atoms. The van der Waals surface area contributed by atoms with E-state index in [2.05, 4.69) is 25.8 Å². The van der Waals surface area contributed by atoms with E-state index in [1.807, 2.05) is 0 Å². The van der Waals surface area contributed by atoms with E-state index >= 15 is 0 Å². The molecule has 0 fully saturated rings. The predicted octanol–water partition coefficient (Wildman–Crippen LogP) is 1.57. The van der Waals surface area contributed by atoms with Crippen molar-refractivity contribution in [3.05, 3.63) is 35.1 Å². The molecule has 0 atom stereocenters. The number of sulfonamides is 1. The first kappa shape index (κ1) is 12.9. The fraction of sp³-hybridized carbons (Fsp3) is 0.100. The van der Waals surface area contributed by atoms with Gasteiger partial charge in [-0.15, -0.1) is 0 Å². The zero-order valence-corrected chi connectivity index (χ0v) is 11.9. The van der Waals surface area contributed by atoms with Gasteiger partial charge in [0.2, 0.25) is 0 Å². The van der Waals surface area contributed by atoms with Crippen molar-refractivity contribution in [3.63, 3.8) is 0 Å². The van der Waals surface area contributed by atoms with Gasteiger partial charge in [0, 0.05) is 23.4 Å². The molecule has 0 radical (unpaired) electrons. The summed E-state index contributed by atoms with van der Waals surface area (Å²) >= 11 is 3.24. The van der Waals surface area contributed by atoms with Crippen molar-refractivity contribution in [2.24, 2.45) is 7.05 Å². The molecule has 0 unspecified atom stereocenters. The van der Waals surface area contributed by atoms with Crippen LogP contribution in [-0.2, 0) is 17.1 Å². The Morgan fingerprint density at radius 3 is 2.72 bits per heavy atom. The topological polar surface area (TPSA) is 90.0 Å². The van der Waals surface area contributed by atoms with Gasteiger partial charge >= 0.3 is 0 Å². The van der Waals surface area contributed by atoms with Gasteiger partial charge in [0.05, 0.1) is 11.9 Å².